The maximum Gasteiger partial charge on any atom is 0.223 e. The molecular formula is C19H19FN4OS. The average molecular weight is 370 g/mol. The third kappa shape index (κ3) is 2.80. The molecule has 1 N–H and O–H groups in total. The van der Waals surface area contributed by atoms with Crippen molar-refractivity contribution in [1.29, 1.82) is 0 Å². The van der Waals surface area contributed by atoms with E-state index in [1.54, 1.807) is 12.4 Å². The van der Waals surface area contributed by atoms with Crippen LogP contribution in [0.5, 0.6) is 0 Å². The molecule has 0 saturated heterocycles. The molecule has 1 amide bonds. The molecule has 0 unspecified atom stereocenters. The van der Waals surface area contributed by atoms with Crippen LogP contribution in [0.1, 0.15) is 48.1 Å². The number of fused-ring (bicyclic) bond motifs is 2. The molecule has 1 atom stereocenters. The predicted molar refractivity (Wildman–Crippen MR) is 97.4 cm³/mol. The first-order chi connectivity index (χ1) is 12.7. The zero-order valence-corrected chi connectivity index (χ0v) is 15.1. The van der Waals surface area contributed by atoms with E-state index in [0.29, 0.717) is 13.0 Å². The Labute approximate surface area is 154 Å². The molecule has 1 fully saturated rings. The Morgan fingerprint density at radius 1 is 1.38 bits per heavy atom. The van der Waals surface area contributed by atoms with Crippen molar-refractivity contribution in [2.24, 2.45) is 5.92 Å². The van der Waals surface area contributed by atoms with Crippen molar-refractivity contribution in [3.63, 3.8) is 0 Å². The van der Waals surface area contributed by atoms with Crippen molar-refractivity contribution in [3.8, 4) is 0 Å². The summed E-state index contributed by atoms with van der Waals surface area (Å²) in [5.74, 6) is 0.628. The van der Waals surface area contributed by atoms with E-state index in [1.807, 2.05) is 4.90 Å². The van der Waals surface area contributed by atoms with E-state index in [2.05, 4.69) is 9.97 Å². The molecule has 0 bridgehead atoms. The lowest BCUT2D eigenvalue weighted by atomic mass is 10.0. The number of carbonyl (C=O) groups excluding carboxylic acids is 1. The maximum absolute atomic E-state index is 13.6. The molecule has 1 aliphatic heterocycles. The van der Waals surface area contributed by atoms with Crippen molar-refractivity contribution >= 4 is 27.5 Å². The molecule has 1 saturated carbocycles. The number of rotatable bonds is 4. The van der Waals surface area contributed by atoms with Crippen LogP contribution < -0.4 is 0 Å². The van der Waals surface area contributed by atoms with E-state index in [-0.39, 0.29) is 17.8 Å². The van der Waals surface area contributed by atoms with E-state index < -0.39 is 0 Å². The van der Waals surface area contributed by atoms with Gasteiger partial charge >= 0.3 is 0 Å². The lowest BCUT2D eigenvalue weighted by molar-refractivity contribution is -0.133. The summed E-state index contributed by atoms with van der Waals surface area (Å²) < 4.78 is 14.4. The number of aromatic amines is 1. The molecule has 1 aromatic carbocycles. The highest BCUT2D eigenvalue weighted by molar-refractivity contribution is 7.18. The number of imidazole rings is 1. The molecule has 0 radical (unpaired) electrons. The minimum atomic E-state index is -0.280. The largest absolute Gasteiger partial charge is 0.348 e. The second-order valence-electron chi connectivity index (χ2n) is 7.15. The van der Waals surface area contributed by atoms with E-state index in [9.17, 15) is 9.18 Å². The highest BCUT2D eigenvalue weighted by Gasteiger charge is 2.36. The van der Waals surface area contributed by atoms with E-state index >= 15 is 0 Å². The van der Waals surface area contributed by atoms with Gasteiger partial charge in [-0.25, -0.2) is 14.4 Å². The number of nitrogens with zero attached hydrogens (tertiary/aromatic N) is 3. The molecule has 2 aromatic heterocycles. The zero-order valence-electron chi connectivity index (χ0n) is 14.2. The van der Waals surface area contributed by atoms with E-state index in [1.165, 1.54) is 36.3 Å². The van der Waals surface area contributed by atoms with Gasteiger partial charge in [-0.05, 0) is 30.5 Å². The van der Waals surface area contributed by atoms with Gasteiger partial charge in [-0.15, -0.1) is 11.3 Å². The van der Waals surface area contributed by atoms with Gasteiger partial charge in [-0.2, -0.15) is 0 Å². The Hall–Kier alpha value is -2.28. The molecule has 3 aromatic rings. The minimum Gasteiger partial charge on any atom is -0.348 e. The fourth-order valence-corrected chi connectivity index (χ4v) is 4.82. The van der Waals surface area contributed by atoms with Gasteiger partial charge in [0.15, 0.2) is 0 Å². The number of aromatic nitrogens is 3. The Kier molecular flexibility index (Phi) is 3.77. The number of H-pyrrole nitrogens is 1. The van der Waals surface area contributed by atoms with Crippen molar-refractivity contribution in [2.75, 3.05) is 6.54 Å². The van der Waals surface area contributed by atoms with Crippen LogP contribution in [0.4, 0.5) is 4.39 Å². The standard InChI is InChI=1S/C19H19FN4OS/c20-12-4-5-13-15(9-12)26-19(23-13)18-17-14(21-10-22-17)7-8-24(18)16(25)6-3-11-1-2-11/h4-5,9-11,18H,1-3,6-8H2,(H,21,22)/t18-/m0/s1. The summed E-state index contributed by atoms with van der Waals surface area (Å²) in [5.41, 5.74) is 2.70. The first kappa shape index (κ1) is 15.9. The Morgan fingerprint density at radius 3 is 3.12 bits per heavy atom. The third-order valence-corrected chi connectivity index (χ3v) is 6.38. The lowest BCUT2D eigenvalue weighted by Gasteiger charge is -2.33. The number of hydrogen-bond donors (Lipinski definition) is 1. The number of benzene rings is 1. The van der Waals surface area contributed by atoms with Gasteiger partial charge < -0.3 is 9.88 Å². The maximum atomic E-state index is 13.6. The van der Waals surface area contributed by atoms with Crippen LogP contribution in [0.3, 0.4) is 0 Å². The third-order valence-electron chi connectivity index (χ3n) is 5.31. The summed E-state index contributed by atoms with van der Waals surface area (Å²) in [6, 6.07) is 4.34. The van der Waals surface area contributed by atoms with Crippen LogP contribution in [0.25, 0.3) is 10.2 Å². The van der Waals surface area contributed by atoms with Gasteiger partial charge in [-0.1, -0.05) is 12.8 Å². The lowest BCUT2D eigenvalue weighted by Crippen LogP contribution is -2.40. The van der Waals surface area contributed by atoms with Crippen LogP contribution >= 0.6 is 11.3 Å². The topological polar surface area (TPSA) is 61.9 Å². The zero-order chi connectivity index (χ0) is 17.7. The van der Waals surface area contributed by atoms with Crippen molar-refractivity contribution < 1.29 is 9.18 Å². The average Bonchev–Trinajstić information content (AvgIpc) is 3.18. The fraction of sp³-hybridized carbons (Fsp3) is 0.421. The van der Waals surface area contributed by atoms with E-state index in [4.69, 9.17) is 4.98 Å². The predicted octanol–water partition coefficient (Wildman–Crippen LogP) is 3.82. The highest BCUT2D eigenvalue weighted by Crippen LogP contribution is 2.39. The number of halogens is 1. The summed E-state index contributed by atoms with van der Waals surface area (Å²) in [4.78, 5) is 27.2. The fourth-order valence-electron chi connectivity index (χ4n) is 3.71. The number of amides is 1. The first-order valence-electron chi connectivity index (χ1n) is 9.06. The molecule has 26 heavy (non-hydrogen) atoms. The van der Waals surface area contributed by atoms with Gasteiger partial charge in [0, 0.05) is 25.1 Å². The Balaban J connectivity index is 1.52. The molecule has 1 aliphatic carbocycles. The Bertz CT molecular complexity index is 977. The van der Waals surface area contributed by atoms with Crippen molar-refractivity contribution in [2.45, 2.75) is 38.1 Å². The minimum absolute atomic E-state index is 0.168. The monoisotopic (exact) mass is 370 g/mol. The van der Waals surface area contributed by atoms with Crippen LogP contribution in [0.2, 0.25) is 0 Å². The van der Waals surface area contributed by atoms with Crippen molar-refractivity contribution in [1.82, 2.24) is 19.9 Å². The Morgan fingerprint density at radius 2 is 2.27 bits per heavy atom. The molecule has 0 spiro atoms. The van der Waals surface area contributed by atoms with Gasteiger partial charge in [-0.3, -0.25) is 4.79 Å². The quantitative estimate of drug-likeness (QED) is 0.759. The smallest absolute Gasteiger partial charge is 0.223 e. The van der Waals surface area contributed by atoms with Gasteiger partial charge in [0.1, 0.15) is 16.9 Å². The number of nitrogens with one attached hydrogen (secondary N) is 1. The van der Waals surface area contributed by atoms with Crippen molar-refractivity contribution in [3.05, 3.63) is 46.7 Å². The molecule has 5 rings (SSSR count). The molecule has 7 heteroatoms. The van der Waals surface area contributed by atoms with Crippen LogP contribution in [0.15, 0.2) is 24.5 Å². The molecule has 5 nitrogen and oxygen atoms in total. The van der Waals surface area contributed by atoms with Gasteiger partial charge in [0.05, 0.1) is 22.2 Å². The summed E-state index contributed by atoms with van der Waals surface area (Å²) in [5, 5.41) is 0.804. The number of hydrogen-bond acceptors (Lipinski definition) is 4. The second-order valence-corrected chi connectivity index (χ2v) is 8.21. The molecule has 3 heterocycles. The SMILES string of the molecule is O=C(CCC1CC1)N1CCc2[nH]cnc2[C@H]1c1nc2ccc(F)cc2s1. The van der Waals surface area contributed by atoms with Gasteiger partial charge in [0.2, 0.25) is 5.91 Å². The molecular weight excluding hydrogens is 351 g/mol. The highest BCUT2D eigenvalue weighted by atomic mass is 32.1. The molecule has 134 valence electrons. The summed E-state index contributed by atoms with van der Waals surface area (Å²) >= 11 is 1.44. The summed E-state index contributed by atoms with van der Waals surface area (Å²) in [6.07, 6.45) is 6.53. The van der Waals surface area contributed by atoms with Gasteiger partial charge in [0.25, 0.3) is 0 Å². The summed E-state index contributed by atoms with van der Waals surface area (Å²) in [6.45, 7) is 0.660. The normalized spacial score (nSPS) is 19.7. The van der Waals surface area contributed by atoms with Crippen LogP contribution in [-0.2, 0) is 11.2 Å². The van der Waals surface area contributed by atoms with Crippen LogP contribution in [-0.4, -0.2) is 32.3 Å². The summed E-state index contributed by atoms with van der Waals surface area (Å²) in [7, 11) is 0. The molecule has 2 aliphatic rings. The first-order valence-corrected chi connectivity index (χ1v) is 9.88. The second kappa shape index (κ2) is 6.16. The van der Waals surface area contributed by atoms with Crippen LogP contribution in [0, 0.1) is 11.7 Å². The number of carbonyl (C=O) groups is 1. The number of thiazole rings is 1. The van der Waals surface area contributed by atoms with E-state index in [0.717, 1.165) is 45.4 Å².